The van der Waals surface area contributed by atoms with Crippen LogP contribution in [0.1, 0.15) is 12.8 Å². The van der Waals surface area contributed by atoms with Crippen molar-refractivity contribution >= 4 is 12.0 Å². The van der Waals surface area contributed by atoms with Gasteiger partial charge in [0.05, 0.1) is 6.61 Å². The van der Waals surface area contributed by atoms with Crippen LogP contribution < -0.4 is 5.32 Å². The highest BCUT2D eigenvalue weighted by atomic mass is 16.4. The van der Waals surface area contributed by atoms with Crippen LogP contribution in [0.4, 0.5) is 4.79 Å². The summed E-state index contributed by atoms with van der Waals surface area (Å²) in [6.45, 7) is 0.777. The van der Waals surface area contributed by atoms with Gasteiger partial charge in [-0.3, -0.25) is 0 Å². The van der Waals surface area contributed by atoms with Crippen molar-refractivity contribution < 1.29 is 19.8 Å². The number of carboxylic acid groups (broad SMARTS) is 1. The Labute approximate surface area is 106 Å². The second-order valence-corrected chi connectivity index (χ2v) is 4.77. The zero-order valence-corrected chi connectivity index (χ0v) is 10.8. The summed E-state index contributed by atoms with van der Waals surface area (Å²) < 4.78 is 0. The van der Waals surface area contributed by atoms with Gasteiger partial charge in [0.1, 0.15) is 0 Å². The van der Waals surface area contributed by atoms with E-state index in [4.69, 9.17) is 10.2 Å². The highest BCUT2D eigenvalue weighted by Gasteiger charge is 2.31. The van der Waals surface area contributed by atoms with Crippen LogP contribution in [-0.4, -0.2) is 77.9 Å². The van der Waals surface area contributed by atoms with E-state index >= 15 is 0 Å². The summed E-state index contributed by atoms with van der Waals surface area (Å²) in [5, 5.41) is 20.0. The van der Waals surface area contributed by atoms with Gasteiger partial charge in [-0.1, -0.05) is 0 Å². The molecule has 1 fully saturated rings. The molecule has 0 aromatic carbocycles. The molecular weight excluding hydrogens is 238 g/mol. The molecule has 18 heavy (non-hydrogen) atoms. The molecule has 0 aromatic heterocycles. The van der Waals surface area contributed by atoms with E-state index in [0.717, 1.165) is 19.4 Å². The third-order valence-electron chi connectivity index (χ3n) is 2.99. The van der Waals surface area contributed by atoms with Crippen molar-refractivity contribution in [3.63, 3.8) is 0 Å². The molecule has 3 N–H and O–H groups in total. The number of nitrogens with zero attached hydrogens (tertiary/aromatic N) is 2. The second kappa shape index (κ2) is 6.55. The predicted octanol–water partition coefficient (Wildman–Crippen LogP) is -0.832. The monoisotopic (exact) mass is 259 g/mol. The van der Waals surface area contributed by atoms with Crippen LogP contribution in [0, 0.1) is 0 Å². The van der Waals surface area contributed by atoms with Gasteiger partial charge in [0.2, 0.25) is 0 Å². The number of aliphatic hydroxyl groups excluding tert-OH is 1. The number of likely N-dealkylation sites (tertiary alicyclic amines) is 1. The average Bonchev–Trinajstić information content (AvgIpc) is 2.72. The zero-order valence-electron chi connectivity index (χ0n) is 10.8. The van der Waals surface area contributed by atoms with Gasteiger partial charge < -0.3 is 25.3 Å². The summed E-state index contributed by atoms with van der Waals surface area (Å²) in [5.41, 5.74) is 0. The number of hydrogen-bond donors (Lipinski definition) is 3. The molecule has 7 nitrogen and oxygen atoms in total. The first-order chi connectivity index (χ1) is 8.45. The minimum absolute atomic E-state index is 0.105. The number of aliphatic hydroxyl groups is 1. The number of carbonyl (C=O) groups excluding carboxylic acids is 1. The largest absolute Gasteiger partial charge is 0.480 e. The van der Waals surface area contributed by atoms with E-state index in [1.54, 1.807) is 4.90 Å². The number of carbonyl (C=O) groups is 2. The van der Waals surface area contributed by atoms with Gasteiger partial charge in [-0.25, -0.2) is 9.59 Å². The van der Waals surface area contributed by atoms with Crippen molar-refractivity contribution in [3.05, 3.63) is 0 Å². The molecule has 0 spiro atoms. The first-order valence-corrected chi connectivity index (χ1v) is 6.01. The number of likely N-dealkylation sites (N-methyl/N-ethyl adjacent to an activating group) is 1. The number of carboxylic acids is 1. The zero-order chi connectivity index (χ0) is 13.7. The number of rotatable bonds is 5. The minimum atomic E-state index is -1.24. The number of urea groups is 1. The third kappa shape index (κ3) is 3.85. The summed E-state index contributed by atoms with van der Waals surface area (Å²) >= 11 is 0. The standard InChI is InChI=1S/C11H21N3O4/c1-13(2)6-8-4-3-5-14(8)11(18)12-9(7-15)10(16)17/h8-9,15H,3-7H2,1-2H3,(H,12,18)(H,16,17). The van der Waals surface area contributed by atoms with Crippen LogP contribution in [0.25, 0.3) is 0 Å². The molecule has 2 atom stereocenters. The first-order valence-electron chi connectivity index (χ1n) is 6.01. The van der Waals surface area contributed by atoms with Crippen LogP contribution >= 0.6 is 0 Å². The fourth-order valence-electron chi connectivity index (χ4n) is 2.13. The van der Waals surface area contributed by atoms with Crippen LogP contribution in [-0.2, 0) is 4.79 Å². The van der Waals surface area contributed by atoms with Gasteiger partial charge in [0.15, 0.2) is 6.04 Å². The minimum Gasteiger partial charge on any atom is -0.480 e. The van der Waals surface area contributed by atoms with E-state index in [2.05, 4.69) is 5.32 Å². The average molecular weight is 259 g/mol. The van der Waals surface area contributed by atoms with Crippen molar-refractivity contribution in [2.24, 2.45) is 0 Å². The van der Waals surface area contributed by atoms with Crippen molar-refractivity contribution in [1.29, 1.82) is 0 Å². The maximum atomic E-state index is 11.9. The second-order valence-electron chi connectivity index (χ2n) is 4.77. The van der Waals surface area contributed by atoms with Crippen LogP contribution in [0.2, 0.25) is 0 Å². The van der Waals surface area contributed by atoms with Gasteiger partial charge in [-0.05, 0) is 26.9 Å². The lowest BCUT2D eigenvalue weighted by molar-refractivity contribution is -0.140. The number of aliphatic carboxylic acids is 1. The molecule has 0 saturated carbocycles. The Morgan fingerprint density at radius 3 is 2.67 bits per heavy atom. The molecule has 1 saturated heterocycles. The Hall–Kier alpha value is -1.34. The molecular formula is C11H21N3O4. The van der Waals surface area contributed by atoms with Gasteiger partial charge in [-0.2, -0.15) is 0 Å². The number of hydrogen-bond acceptors (Lipinski definition) is 4. The molecule has 0 aromatic rings. The summed E-state index contributed by atoms with van der Waals surface area (Å²) in [7, 11) is 3.87. The normalized spacial score (nSPS) is 21.1. The smallest absolute Gasteiger partial charge is 0.328 e. The van der Waals surface area contributed by atoms with Crippen LogP contribution in [0.3, 0.4) is 0 Å². The molecule has 0 radical (unpaired) electrons. The summed E-state index contributed by atoms with van der Waals surface area (Å²) in [6, 6.07) is -1.55. The Morgan fingerprint density at radius 2 is 2.17 bits per heavy atom. The molecule has 1 aliphatic rings. The summed E-state index contributed by atoms with van der Waals surface area (Å²) in [6.07, 6.45) is 1.84. The number of nitrogens with one attached hydrogen (secondary N) is 1. The van der Waals surface area contributed by atoms with Gasteiger partial charge >= 0.3 is 12.0 Å². The van der Waals surface area contributed by atoms with E-state index in [1.165, 1.54) is 0 Å². The molecule has 0 aliphatic carbocycles. The molecule has 7 heteroatoms. The molecule has 1 heterocycles. The number of amides is 2. The van der Waals surface area contributed by atoms with Crippen molar-refractivity contribution in [2.75, 3.05) is 33.8 Å². The molecule has 2 amide bonds. The maximum Gasteiger partial charge on any atom is 0.328 e. The molecule has 0 bridgehead atoms. The molecule has 1 rings (SSSR count). The maximum absolute atomic E-state index is 11.9. The summed E-state index contributed by atoms with van der Waals surface area (Å²) in [4.78, 5) is 26.3. The van der Waals surface area contributed by atoms with Gasteiger partial charge in [0.25, 0.3) is 0 Å². The first kappa shape index (κ1) is 14.7. The predicted molar refractivity (Wildman–Crippen MR) is 65.3 cm³/mol. The Balaban J connectivity index is 2.57. The van der Waals surface area contributed by atoms with E-state index in [0.29, 0.717) is 6.54 Å². The van der Waals surface area contributed by atoms with Crippen molar-refractivity contribution in [3.8, 4) is 0 Å². The molecule has 104 valence electrons. The Bertz CT molecular complexity index is 309. The van der Waals surface area contributed by atoms with E-state index in [-0.39, 0.29) is 6.04 Å². The topological polar surface area (TPSA) is 93.1 Å². The fourth-order valence-corrected chi connectivity index (χ4v) is 2.13. The quantitative estimate of drug-likeness (QED) is 0.599. The Morgan fingerprint density at radius 1 is 1.50 bits per heavy atom. The Kier molecular flexibility index (Phi) is 5.36. The third-order valence-corrected chi connectivity index (χ3v) is 2.99. The lowest BCUT2D eigenvalue weighted by atomic mass is 10.2. The lowest BCUT2D eigenvalue weighted by Gasteiger charge is -2.28. The molecule has 2 unspecified atom stereocenters. The van der Waals surface area contributed by atoms with Gasteiger partial charge in [-0.15, -0.1) is 0 Å². The van der Waals surface area contributed by atoms with Gasteiger partial charge in [0, 0.05) is 19.1 Å². The van der Waals surface area contributed by atoms with E-state index in [9.17, 15) is 9.59 Å². The highest BCUT2D eigenvalue weighted by Crippen LogP contribution is 2.17. The SMILES string of the molecule is CN(C)CC1CCCN1C(=O)NC(CO)C(=O)O. The van der Waals surface area contributed by atoms with E-state index < -0.39 is 24.6 Å². The fraction of sp³-hybridized carbons (Fsp3) is 0.818. The van der Waals surface area contributed by atoms with Crippen LogP contribution in [0.5, 0.6) is 0 Å². The lowest BCUT2D eigenvalue weighted by Crippen LogP contribution is -2.52. The van der Waals surface area contributed by atoms with Crippen molar-refractivity contribution in [2.45, 2.75) is 24.9 Å². The highest BCUT2D eigenvalue weighted by molar-refractivity contribution is 5.83. The molecule has 1 aliphatic heterocycles. The van der Waals surface area contributed by atoms with Crippen molar-refractivity contribution in [1.82, 2.24) is 15.1 Å². The van der Waals surface area contributed by atoms with E-state index in [1.807, 2.05) is 19.0 Å². The summed E-state index contributed by atoms with van der Waals surface area (Å²) in [5.74, 6) is -1.23. The van der Waals surface area contributed by atoms with Crippen LogP contribution in [0.15, 0.2) is 0 Å².